The van der Waals surface area contributed by atoms with E-state index in [0.29, 0.717) is 5.41 Å². The zero-order valence-corrected chi connectivity index (χ0v) is 33.1. The van der Waals surface area contributed by atoms with Crippen LogP contribution in [0.5, 0.6) is 0 Å². The predicted octanol–water partition coefficient (Wildman–Crippen LogP) is 5.14. The first-order chi connectivity index (χ1) is 19.4. The SMILES string of the molecule is CC(C)(C)c1[c-]c2c(cc1)-c1ccc(C(C)(C)C)cc1C2.CC[C](=[Zr+2])c1ccccc1.Cc1cc(C(C)(C)C)c(C)[cH-]1.[Cl-].[Cl-]. The van der Waals surface area contributed by atoms with E-state index in [1.807, 2.05) is 0 Å². The maximum absolute atomic E-state index is 3.67. The standard InChI is InChI=1S/C21H25.C11H17.C9H10.2ClH.Zr/c1-20(2,3)16-7-9-18-14(12-16)11-15-13-17(21(4,5)6)8-10-19(15)18;1-8-6-9(2)10(7-8)11(3,4)5;1-2-6-9-7-4-3-5-8-9;;;/h7-10,12H,11H2,1-6H3;6-7H,1-5H3;3-5,7-8H,2H2,1H3;2*1H;/q2*-1;;;;+2/p-2. The molecule has 4 aromatic carbocycles. The van der Waals surface area contributed by atoms with Gasteiger partial charge >= 0.3 is 76.7 Å². The van der Waals surface area contributed by atoms with Gasteiger partial charge in [0, 0.05) is 0 Å². The zero-order chi connectivity index (χ0) is 31.5. The summed E-state index contributed by atoms with van der Waals surface area (Å²) in [5.41, 5.74) is 14.7. The van der Waals surface area contributed by atoms with Gasteiger partial charge in [-0.15, -0.1) is 11.1 Å². The molecule has 1 aliphatic rings. The van der Waals surface area contributed by atoms with E-state index < -0.39 is 0 Å². The molecule has 0 aromatic heterocycles. The van der Waals surface area contributed by atoms with Crippen LogP contribution in [-0.2, 0) is 46.9 Å². The molecule has 0 bridgehead atoms. The minimum Gasteiger partial charge on any atom is -1.00 e. The Labute approximate surface area is 297 Å². The van der Waals surface area contributed by atoms with E-state index in [4.69, 9.17) is 0 Å². The Bertz CT molecular complexity index is 1440. The molecular weight excluding hydrogens is 655 g/mol. The van der Waals surface area contributed by atoms with E-state index in [9.17, 15) is 0 Å². The molecule has 0 spiro atoms. The molecular formula is C41H52Cl2Zr-2. The quantitative estimate of drug-likeness (QED) is 0.223. The first kappa shape index (κ1) is 40.4. The van der Waals surface area contributed by atoms with Crippen molar-refractivity contribution in [2.45, 2.75) is 112 Å². The van der Waals surface area contributed by atoms with Gasteiger partial charge in [0.15, 0.2) is 0 Å². The summed E-state index contributed by atoms with van der Waals surface area (Å²) in [6.07, 6.45) is 2.21. The maximum Gasteiger partial charge on any atom is -0.0632 e. The summed E-state index contributed by atoms with van der Waals surface area (Å²) in [5.74, 6) is 0. The minimum absolute atomic E-state index is 0. The third-order valence-electron chi connectivity index (χ3n) is 7.99. The molecule has 44 heavy (non-hydrogen) atoms. The van der Waals surface area contributed by atoms with Gasteiger partial charge in [-0.05, 0) is 28.4 Å². The Balaban J connectivity index is 0.000000358. The molecule has 4 aromatic rings. The topological polar surface area (TPSA) is 0 Å². The molecule has 3 heteroatoms. The second-order valence-electron chi connectivity index (χ2n) is 14.9. The van der Waals surface area contributed by atoms with Gasteiger partial charge in [-0.25, -0.2) is 6.07 Å². The number of benzene rings is 3. The number of halogens is 2. The monoisotopic (exact) mass is 704 g/mol. The Kier molecular flexibility index (Phi) is 14.9. The van der Waals surface area contributed by atoms with Gasteiger partial charge in [-0.3, -0.25) is 0 Å². The molecule has 0 nitrogen and oxygen atoms in total. The average molecular weight is 707 g/mol. The molecule has 0 saturated heterocycles. The van der Waals surface area contributed by atoms with Crippen LogP contribution in [0, 0.1) is 19.9 Å². The van der Waals surface area contributed by atoms with Crippen molar-refractivity contribution in [2.24, 2.45) is 0 Å². The van der Waals surface area contributed by atoms with Crippen LogP contribution in [0.25, 0.3) is 11.1 Å². The van der Waals surface area contributed by atoms with Gasteiger partial charge in [-0.2, -0.15) is 46.5 Å². The second-order valence-corrected chi connectivity index (χ2v) is 16.4. The smallest absolute Gasteiger partial charge is 0.0632 e. The van der Waals surface area contributed by atoms with Gasteiger partial charge in [0.2, 0.25) is 0 Å². The molecule has 0 saturated carbocycles. The number of fused-ring (bicyclic) bond motifs is 3. The van der Waals surface area contributed by atoms with Crippen molar-refractivity contribution in [1.82, 2.24) is 0 Å². The first-order valence-corrected chi connectivity index (χ1v) is 16.7. The zero-order valence-electron chi connectivity index (χ0n) is 29.1. The summed E-state index contributed by atoms with van der Waals surface area (Å²) < 4.78 is 1.55. The molecule has 0 unspecified atom stereocenters. The number of aryl methyl sites for hydroxylation is 2. The normalized spacial score (nSPS) is 11.9. The number of hydrogen-bond donors (Lipinski definition) is 0. The van der Waals surface area contributed by atoms with Crippen molar-refractivity contribution >= 4 is 3.21 Å². The van der Waals surface area contributed by atoms with E-state index in [-0.39, 0.29) is 35.6 Å². The molecule has 236 valence electrons. The maximum atomic E-state index is 3.67. The number of hydrogen-bond acceptors (Lipinski definition) is 0. The Morgan fingerprint density at radius 2 is 1.34 bits per heavy atom. The van der Waals surface area contributed by atoms with Gasteiger partial charge in [-0.1, -0.05) is 105 Å². The number of rotatable bonds is 2. The third kappa shape index (κ3) is 10.7. The van der Waals surface area contributed by atoms with Crippen LogP contribution >= 0.6 is 0 Å². The molecule has 0 amide bonds. The van der Waals surface area contributed by atoms with E-state index in [2.05, 4.69) is 162 Å². The van der Waals surface area contributed by atoms with Crippen LogP contribution in [0.15, 0.2) is 72.8 Å². The summed E-state index contributed by atoms with van der Waals surface area (Å²) in [4.78, 5) is 0. The second kappa shape index (κ2) is 16.3. The van der Waals surface area contributed by atoms with Crippen LogP contribution in [-0.4, -0.2) is 3.21 Å². The molecule has 0 heterocycles. The van der Waals surface area contributed by atoms with Crippen LogP contribution in [0.1, 0.15) is 120 Å². The fraction of sp³-hybridized carbons (Fsp3) is 0.415. The van der Waals surface area contributed by atoms with Crippen LogP contribution < -0.4 is 24.8 Å². The van der Waals surface area contributed by atoms with Crippen molar-refractivity contribution in [3.63, 3.8) is 0 Å². The van der Waals surface area contributed by atoms with Gasteiger partial charge in [0.05, 0.1) is 0 Å². The van der Waals surface area contributed by atoms with Crippen molar-refractivity contribution in [3.8, 4) is 11.1 Å². The van der Waals surface area contributed by atoms with E-state index in [1.54, 1.807) is 3.21 Å². The summed E-state index contributed by atoms with van der Waals surface area (Å²) >= 11 is 1.54. The van der Waals surface area contributed by atoms with Crippen molar-refractivity contribution in [3.05, 3.63) is 123 Å². The first-order valence-electron chi connectivity index (χ1n) is 15.5. The summed E-state index contributed by atoms with van der Waals surface area (Å²) in [7, 11) is 0. The van der Waals surface area contributed by atoms with Gasteiger partial charge in [0.1, 0.15) is 0 Å². The summed E-state index contributed by atoms with van der Waals surface area (Å²) in [6, 6.07) is 30.3. The van der Waals surface area contributed by atoms with Crippen LogP contribution in [0.2, 0.25) is 0 Å². The predicted molar refractivity (Wildman–Crippen MR) is 182 cm³/mol. The van der Waals surface area contributed by atoms with E-state index in [0.717, 1.165) is 6.42 Å². The minimum atomic E-state index is 0. The van der Waals surface area contributed by atoms with Gasteiger partial charge in [0.25, 0.3) is 0 Å². The summed E-state index contributed by atoms with van der Waals surface area (Å²) in [6.45, 7) is 26.9. The summed E-state index contributed by atoms with van der Waals surface area (Å²) in [5, 5.41) is 0. The molecule has 0 atom stereocenters. The van der Waals surface area contributed by atoms with Crippen LogP contribution in [0.4, 0.5) is 0 Å². The Hall–Kier alpha value is -1.66. The van der Waals surface area contributed by atoms with Crippen molar-refractivity contribution in [2.75, 3.05) is 0 Å². The van der Waals surface area contributed by atoms with Gasteiger partial charge < -0.3 is 24.8 Å². The van der Waals surface area contributed by atoms with E-state index >= 15 is 0 Å². The fourth-order valence-corrected chi connectivity index (χ4v) is 5.89. The van der Waals surface area contributed by atoms with Crippen LogP contribution in [0.3, 0.4) is 0 Å². The molecule has 1 aliphatic carbocycles. The molecule has 0 aliphatic heterocycles. The molecule has 0 fully saturated rings. The molecule has 0 radical (unpaired) electrons. The Morgan fingerprint density at radius 3 is 1.80 bits per heavy atom. The average Bonchev–Trinajstić information content (AvgIpc) is 3.46. The molecule has 0 N–H and O–H groups in total. The van der Waals surface area contributed by atoms with Crippen molar-refractivity contribution < 1.29 is 49.0 Å². The third-order valence-corrected chi connectivity index (χ3v) is 9.57. The largest absolute Gasteiger partial charge is 1.00 e. The van der Waals surface area contributed by atoms with E-state index in [1.165, 1.54) is 86.3 Å². The van der Waals surface area contributed by atoms with Crippen molar-refractivity contribution in [1.29, 1.82) is 0 Å². The fourth-order valence-electron chi connectivity index (χ4n) is 5.48. The Morgan fingerprint density at radius 1 is 0.750 bits per heavy atom. The molecule has 5 rings (SSSR count).